The minimum atomic E-state index is 0.405. The highest BCUT2D eigenvalue weighted by atomic mass is 79.9. The Kier molecular flexibility index (Phi) is 3.31. The first-order valence-electron chi connectivity index (χ1n) is 5.87. The number of anilines is 1. The fourth-order valence-electron chi connectivity index (χ4n) is 2.13. The molecule has 2 aromatic carbocycles. The van der Waals surface area contributed by atoms with Crippen molar-refractivity contribution in [2.24, 2.45) is 0 Å². The molecule has 0 aliphatic heterocycles. The van der Waals surface area contributed by atoms with Crippen LogP contribution in [0.2, 0.25) is 5.02 Å². The van der Waals surface area contributed by atoms with E-state index in [9.17, 15) is 0 Å². The summed E-state index contributed by atoms with van der Waals surface area (Å²) in [5.74, 6) is 1.14. The number of imidazole rings is 1. The number of hydrogen-bond donors (Lipinski definition) is 1. The van der Waals surface area contributed by atoms with Gasteiger partial charge in [0.15, 0.2) is 0 Å². The van der Waals surface area contributed by atoms with Gasteiger partial charge in [-0.25, -0.2) is 4.98 Å². The number of halogens is 2. The Morgan fingerprint density at radius 1 is 1.25 bits per heavy atom. The highest BCUT2D eigenvalue weighted by Crippen LogP contribution is 2.29. The number of hydrogen-bond acceptors (Lipinski definition) is 3. The number of rotatable bonds is 2. The lowest BCUT2D eigenvalue weighted by molar-refractivity contribution is 0.414. The molecule has 0 aliphatic rings. The zero-order valence-electron chi connectivity index (χ0n) is 10.6. The maximum absolute atomic E-state index is 6.06. The lowest BCUT2D eigenvalue weighted by atomic mass is 10.2. The number of ether oxygens (including phenoxy) is 1. The van der Waals surface area contributed by atoms with Crippen LogP contribution in [-0.4, -0.2) is 16.7 Å². The summed E-state index contributed by atoms with van der Waals surface area (Å²) in [5, 5.41) is 0.639. The summed E-state index contributed by atoms with van der Waals surface area (Å²) in [5.41, 5.74) is 8.54. The van der Waals surface area contributed by atoms with Gasteiger partial charge < -0.3 is 10.5 Å². The maximum atomic E-state index is 6.06. The molecule has 3 rings (SSSR count). The van der Waals surface area contributed by atoms with Crippen molar-refractivity contribution < 1.29 is 4.74 Å². The molecule has 102 valence electrons. The lowest BCUT2D eigenvalue weighted by Gasteiger charge is -2.09. The van der Waals surface area contributed by atoms with Crippen LogP contribution in [0.25, 0.3) is 16.7 Å². The molecule has 0 atom stereocenters. The zero-order chi connectivity index (χ0) is 14.3. The second kappa shape index (κ2) is 5.00. The van der Waals surface area contributed by atoms with Gasteiger partial charge in [-0.2, -0.15) is 0 Å². The Morgan fingerprint density at radius 2 is 2.05 bits per heavy atom. The third-order valence-electron chi connectivity index (χ3n) is 2.99. The van der Waals surface area contributed by atoms with Gasteiger partial charge in [0.1, 0.15) is 5.75 Å². The van der Waals surface area contributed by atoms with Crippen molar-refractivity contribution >= 4 is 44.5 Å². The number of methoxy groups -OCH3 is 1. The van der Waals surface area contributed by atoms with E-state index in [0.717, 1.165) is 26.9 Å². The molecule has 4 nitrogen and oxygen atoms in total. The first-order chi connectivity index (χ1) is 9.58. The predicted octanol–water partition coefficient (Wildman–Crippen LogP) is 4.03. The summed E-state index contributed by atoms with van der Waals surface area (Å²) >= 11 is 9.52. The average Bonchev–Trinajstić information content (AvgIpc) is 2.73. The zero-order valence-corrected chi connectivity index (χ0v) is 12.9. The number of nitrogens with two attached hydrogens (primary N) is 1. The van der Waals surface area contributed by atoms with Gasteiger partial charge in [0.25, 0.3) is 0 Å². The largest absolute Gasteiger partial charge is 0.497 e. The van der Waals surface area contributed by atoms with Crippen molar-refractivity contribution in [2.45, 2.75) is 0 Å². The van der Waals surface area contributed by atoms with E-state index in [1.165, 1.54) is 0 Å². The van der Waals surface area contributed by atoms with E-state index in [-0.39, 0.29) is 0 Å². The molecule has 1 heterocycles. The number of nitrogens with zero attached hydrogens (tertiary/aromatic N) is 2. The molecule has 2 N–H and O–H groups in total. The molecule has 3 aromatic rings. The van der Waals surface area contributed by atoms with Crippen LogP contribution in [0, 0.1) is 0 Å². The summed E-state index contributed by atoms with van der Waals surface area (Å²) < 4.78 is 8.02. The Labute approximate surface area is 129 Å². The quantitative estimate of drug-likeness (QED) is 0.757. The molecular weight excluding hydrogens is 342 g/mol. The van der Waals surface area contributed by atoms with Crippen molar-refractivity contribution in [3.63, 3.8) is 0 Å². The van der Waals surface area contributed by atoms with Crippen molar-refractivity contribution in [3.8, 4) is 11.4 Å². The van der Waals surface area contributed by atoms with Gasteiger partial charge in [0.05, 0.1) is 23.8 Å². The van der Waals surface area contributed by atoms with Gasteiger partial charge in [-0.15, -0.1) is 0 Å². The predicted molar refractivity (Wildman–Crippen MR) is 84.7 cm³/mol. The molecule has 0 amide bonds. The Bertz CT molecular complexity index is 800. The molecule has 0 saturated carbocycles. The van der Waals surface area contributed by atoms with Crippen LogP contribution < -0.4 is 10.5 Å². The van der Waals surface area contributed by atoms with Crippen molar-refractivity contribution in [1.29, 1.82) is 0 Å². The van der Waals surface area contributed by atoms with Gasteiger partial charge in [-0.05, 0) is 30.3 Å². The van der Waals surface area contributed by atoms with Crippen LogP contribution >= 0.6 is 27.5 Å². The van der Waals surface area contributed by atoms with Gasteiger partial charge in [0, 0.05) is 15.6 Å². The van der Waals surface area contributed by atoms with Crippen LogP contribution in [0.15, 0.2) is 40.9 Å². The number of fused-ring (bicyclic) bond motifs is 1. The van der Waals surface area contributed by atoms with Crippen LogP contribution in [-0.2, 0) is 0 Å². The Morgan fingerprint density at radius 3 is 2.80 bits per heavy atom. The van der Waals surface area contributed by atoms with Crippen LogP contribution in [0.4, 0.5) is 5.95 Å². The molecule has 0 aliphatic carbocycles. The third kappa shape index (κ3) is 2.23. The first kappa shape index (κ1) is 13.3. The summed E-state index contributed by atoms with van der Waals surface area (Å²) in [6.07, 6.45) is 0. The fourth-order valence-corrected chi connectivity index (χ4v) is 2.76. The monoisotopic (exact) mass is 351 g/mol. The summed E-state index contributed by atoms with van der Waals surface area (Å²) in [7, 11) is 1.62. The Hall–Kier alpha value is -1.72. The van der Waals surface area contributed by atoms with E-state index in [4.69, 9.17) is 22.1 Å². The molecular formula is C14H11BrClN3O. The molecule has 0 unspecified atom stereocenters. The summed E-state index contributed by atoms with van der Waals surface area (Å²) in [4.78, 5) is 4.34. The minimum Gasteiger partial charge on any atom is -0.497 e. The third-order valence-corrected chi connectivity index (χ3v) is 3.69. The SMILES string of the molecule is COc1cc(Br)cc(-n2c(N)nc3ccc(Cl)cc32)c1. The van der Waals surface area contributed by atoms with E-state index >= 15 is 0 Å². The van der Waals surface area contributed by atoms with Crippen molar-refractivity contribution in [3.05, 3.63) is 45.9 Å². The molecule has 6 heteroatoms. The molecule has 0 fully saturated rings. The second-order valence-corrected chi connectivity index (χ2v) is 5.64. The van der Waals surface area contributed by atoms with Gasteiger partial charge in [-0.1, -0.05) is 27.5 Å². The van der Waals surface area contributed by atoms with Gasteiger partial charge in [-0.3, -0.25) is 4.57 Å². The molecule has 20 heavy (non-hydrogen) atoms. The van der Waals surface area contributed by atoms with E-state index < -0.39 is 0 Å². The Balaban J connectivity index is 2.31. The van der Waals surface area contributed by atoms with Gasteiger partial charge >= 0.3 is 0 Å². The molecule has 0 radical (unpaired) electrons. The lowest BCUT2D eigenvalue weighted by Crippen LogP contribution is -2.01. The standard InChI is InChI=1S/C14H11BrClN3O/c1-20-11-5-8(15)4-10(7-11)19-13-6-9(16)2-3-12(13)18-14(19)17/h2-7H,1H3,(H2,17,18). The smallest absolute Gasteiger partial charge is 0.205 e. The van der Waals surface area contributed by atoms with E-state index in [0.29, 0.717) is 11.0 Å². The summed E-state index contributed by atoms with van der Waals surface area (Å²) in [6.45, 7) is 0. The average molecular weight is 353 g/mol. The number of aromatic nitrogens is 2. The van der Waals surface area contributed by atoms with E-state index in [1.54, 1.807) is 13.2 Å². The van der Waals surface area contributed by atoms with Crippen LogP contribution in [0.3, 0.4) is 0 Å². The fraction of sp³-hybridized carbons (Fsp3) is 0.0714. The molecule has 0 bridgehead atoms. The number of nitrogen functional groups attached to an aromatic ring is 1. The first-order valence-corrected chi connectivity index (χ1v) is 7.04. The van der Waals surface area contributed by atoms with Gasteiger partial charge in [0.2, 0.25) is 5.95 Å². The molecule has 1 aromatic heterocycles. The van der Waals surface area contributed by atoms with Crippen LogP contribution in [0.5, 0.6) is 5.75 Å². The minimum absolute atomic E-state index is 0.405. The van der Waals surface area contributed by atoms with E-state index in [1.807, 2.05) is 34.9 Å². The van der Waals surface area contributed by atoms with Crippen LogP contribution in [0.1, 0.15) is 0 Å². The second-order valence-electron chi connectivity index (χ2n) is 4.29. The van der Waals surface area contributed by atoms with Crippen molar-refractivity contribution in [1.82, 2.24) is 9.55 Å². The molecule has 0 saturated heterocycles. The van der Waals surface area contributed by atoms with Crippen molar-refractivity contribution in [2.75, 3.05) is 12.8 Å². The van der Waals surface area contributed by atoms with E-state index in [2.05, 4.69) is 20.9 Å². The summed E-state index contributed by atoms with van der Waals surface area (Å²) in [6, 6.07) is 11.2. The molecule has 0 spiro atoms. The highest BCUT2D eigenvalue weighted by molar-refractivity contribution is 9.10. The maximum Gasteiger partial charge on any atom is 0.205 e. The highest BCUT2D eigenvalue weighted by Gasteiger charge is 2.12. The number of benzene rings is 2. The topological polar surface area (TPSA) is 53.1 Å². The normalized spacial score (nSPS) is 10.9.